The zero-order valence-corrected chi connectivity index (χ0v) is 14.3. The number of esters is 1. The van der Waals surface area contributed by atoms with Crippen LogP contribution >= 0.6 is 12.6 Å². The first kappa shape index (κ1) is 19.5. The Hall–Kier alpha value is -1.56. The number of unbranched alkanes of at least 4 members (excludes halogenated alkanes) is 7. The summed E-state index contributed by atoms with van der Waals surface area (Å²) in [6.07, 6.45) is 9.56. The van der Waals surface area contributed by atoms with Gasteiger partial charge in [-0.25, -0.2) is 0 Å². The third kappa shape index (κ3) is 9.23. The summed E-state index contributed by atoms with van der Waals surface area (Å²) in [5, 5.41) is 10.5. The lowest BCUT2D eigenvalue weighted by molar-refractivity contribution is -0.384. The molecule has 0 aliphatic rings. The summed E-state index contributed by atoms with van der Waals surface area (Å²) < 4.78 is 5.15. The molecule has 1 aromatic carbocycles. The van der Waals surface area contributed by atoms with E-state index in [-0.39, 0.29) is 11.7 Å². The first-order valence-electron chi connectivity index (χ1n) is 8.19. The lowest BCUT2D eigenvalue weighted by Gasteiger charge is -2.04. The molecule has 0 N–H and O–H groups in total. The highest BCUT2D eigenvalue weighted by molar-refractivity contribution is 7.80. The molecule has 6 heteroatoms. The zero-order valence-electron chi connectivity index (χ0n) is 13.4. The van der Waals surface area contributed by atoms with Gasteiger partial charge in [-0.15, -0.1) is 0 Å². The molecule has 128 valence electrons. The maximum absolute atomic E-state index is 11.7. The van der Waals surface area contributed by atoms with Gasteiger partial charge in [0.15, 0.2) is 0 Å². The molecule has 0 spiro atoms. The molecule has 0 bridgehead atoms. The molecule has 5 nitrogen and oxygen atoms in total. The van der Waals surface area contributed by atoms with Gasteiger partial charge in [0.05, 0.1) is 4.92 Å². The van der Waals surface area contributed by atoms with Gasteiger partial charge in [0.1, 0.15) is 5.75 Å². The molecule has 0 aromatic heterocycles. The third-order valence-electron chi connectivity index (χ3n) is 3.57. The van der Waals surface area contributed by atoms with Crippen LogP contribution in [0.2, 0.25) is 0 Å². The highest BCUT2D eigenvalue weighted by Crippen LogP contribution is 2.18. The van der Waals surface area contributed by atoms with Gasteiger partial charge in [-0.3, -0.25) is 14.9 Å². The Balaban J connectivity index is 2.07. The highest BCUT2D eigenvalue weighted by Gasteiger charge is 2.08. The molecule has 0 aliphatic carbocycles. The number of carbonyl (C=O) groups excluding carboxylic acids is 1. The smallest absolute Gasteiger partial charge is 0.311 e. The van der Waals surface area contributed by atoms with E-state index in [9.17, 15) is 14.9 Å². The number of benzene rings is 1. The molecule has 0 unspecified atom stereocenters. The topological polar surface area (TPSA) is 69.4 Å². The fourth-order valence-electron chi connectivity index (χ4n) is 2.26. The predicted molar refractivity (Wildman–Crippen MR) is 94.1 cm³/mol. The van der Waals surface area contributed by atoms with Gasteiger partial charge in [-0.1, -0.05) is 38.5 Å². The van der Waals surface area contributed by atoms with E-state index < -0.39 is 4.92 Å². The van der Waals surface area contributed by atoms with Crippen molar-refractivity contribution in [2.24, 2.45) is 0 Å². The second kappa shape index (κ2) is 11.9. The lowest BCUT2D eigenvalue weighted by Crippen LogP contribution is -2.07. The van der Waals surface area contributed by atoms with E-state index in [1.807, 2.05) is 0 Å². The molecule has 0 heterocycles. The largest absolute Gasteiger partial charge is 0.427 e. The fraction of sp³-hybridized carbons (Fsp3) is 0.588. The maximum atomic E-state index is 11.7. The minimum Gasteiger partial charge on any atom is -0.427 e. The van der Waals surface area contributed by atoms with Crippen molar-refractivity contribution in [2.45, 2.75) is 57.8 Å². The number of hydrogen-bond acceptors (Lipinski definition) is 5. The number of non-ortho nitro benzene ring substituents is 1. The summed E-state index contributed by atoms with van der Waals surface area (Å²) in [6, 6.07) is 5.55. The molecule has 0 aliphatic heterocycles. The number of nitro groups is 1. The van der Waals surface area contributed by atoms with Gasteiger partial charge in [-0.05, 0) is 30.7 Å². The van der Waals surface area contributed by atoms with E-state index in [2.05, 4.69) is 12.6 Å². The third-order valence-corrected chi connectivity index (χ3v) is 3.88. The molecule has 23 heavy (non-hydrogen) atoms. The predicted octanol–water partition coefficient (Wildman–Crippen LogP) is 4.94. The molecular weight excluding hydrogens is 314 g/mol. The van der Waals surface area contributed by atoms with Crippen LogP contribution in [0.3, 0.4) is 0 Å². The highest BCUT2D eigenvalue weighted by atomic mass is 32.1. The van der Waals surface area contributed by atoms with Crippen molar-refractivity contribution in [1.82, 2.24) is 0 Å². The van der Waals surface area contributed by atoms with Crippen LogP contribution in [-0.4, -0.2) is 16.6 Å². The van der Waals surface area contributed by atoms with Crippen molar-refractivity contribution in [1.29, 1.82) is 0 Å². The number of nitro benzene ring substituents is 1. The van der Waals surface area contributed by atoms with Crippen LogP contribution in [0.4, 0.5) is 5.69 Å². The monoisotopic (exact) mass is 339 g/mol. The van der Waals surface area contributed by atoms with Crippen LogP contribution in [0.5, 0.6) is 5.75 Å². The molecule has 0 saturated carbocycles. The summed E-state index contributed by atoms with van der Waals surface area (Å²) in [6.45, 7) is 0. The second-order valence-corrected chi connectivity index (χ2v) is 5.97. The fourth-order valence-corrected chi connectivity index (χ4v) is 2.48. The summed E-state index contributed by atoms with van der Waals surface area (Å²) in [7, 11) is 0. The summed E-state index contributed by atoms with van der Waals surface area (Å²) in [5.41, 5.74) is -0.0147. The average Bonchev–Trinajstić information content (AvgIpc) is 2.54. The summed E-state index contributed by atoms with van der Waals surface area (Å²) in [5.74, 6) is 1.04. The quantitative estimate of drug-likeness (QED) is 0.146. The molecule has 1 aromatic rings. The summed E-state index contributed by atoms with van der Waals surface area (Å²) >= 11 is 4.19. The van der Waals surface area contributed by atoms with Gasteiger partial charge in [0.2, 0.25) is 0 Å². The van der Waals surface area contributed by atoms with Crippen LogP contribution in [0.1, 0.15) is 57.8 Å². The Morgan fingerprint density at radius 1 is 0.957 bits per heavy atom. The van der Waals surface area contributed by atoms with Crippen LogP contribution in [0.25, 0.3) is 0 Å². The molecule has 0 saturated heterocycles. The van der Waals surface area contributed by atoms with Gasteiger partial charge >= 0.3 is 5.97 Å². The summed E-state index contributed by atoms with van der Waals surface area (Å²) in [4.78, 5) is 21.7. The lowest BCUT2D eigenvalue weighted by atomic mass is 10.1. The zero-order chi connectivity index (χ0) is 16.9. The number of hydrogen-bond donors (Lipinski definition) is 1. The van der Waals surface area contributed by atoms with Gasteiger partial charge in [0.25, 0.3) is 5.69 Å². The van der Waals surface area contributed by atoms with E-state index >= 15 is 0 Å². The Kier molecular flexibility index (Phi) is 10.1. The van der Waals surface area contributed by atoms with Crippen LogP contribution < -0.4 is 4.74 Å². The Morgan fingerprint density at radius 2 is 1.48 bits per heavy atom. The first-order valence-corrected chi connectivity index (χ1v) is 8.82. The van der Waals surface area contributed by atoms with E-state index in [1.54, 1.807) is 0 Å². The van der Waals surface area contributed by atoms with Crippen molar-refractivity contribution in [3.63, 3.8) is 0 Å². The molecule has 0 fully saturated rings. The van der Waals surface area contributed by atoms with Gasteiger partial charge < -0.3 is 4.74 Å². The van der Waals surface area contributed by atoms with Gasteiger partial charge in [0, 0.05) is 18.6 Å². The molecule has 0 atom stereocenters. The maximum Gasteiger partial charge on any atom is 0.311 e. The molecule has 1 rings (SSSR count). The van der Waals surface area contributed by atoms with Crippen LogP contribution in [-0.2, 0) is 4.79 Å². The van der Waals surface area contributed by atoms with E-state index in [0.29, 0.717) is 12.2 Å². The Morgan fingerprint density at radius 3 is 2.00 bits per heavy atom. The first-order chi connectivity index (χ1) is 11.1. The number of carbonyl (C=O) groups is 1. The number of rotatable bonds is 12. The Labute approximate surface area is 143 Å². The normalized spacial score (nSPS) is 10.5. The molecule has 0 amide bonds. The number of thiol groups is 1. The van der Waals surface area contributed by atoms with E-state index in [1.165, 1.54) is 56.4 Å². The van der Waals surface area contributed by atoms with Crippen LogP contribution in [0, 0.1) is 10.1 Å². The SMILES string of the molecule is O=C(CCCCCCCCCCS)Oc1ccc([N+](=O)[O-])cc1. The van der Waals surface area contributed by atoms with Gasteiger partial charge in [-0.2, -0.15) is 12.6 Å². The number of nitrogens with zero attached hydrogens (tertiary/aromatic N) is 1. The molecule has 0 radical (unpaired) electrons. The molecular formula is C17H25NO4S. The Bertz CT molecular complexity index is 476. The van der Waals surface area contributed by atoms with Crippen molar-refractivity contribution >= 4 is 24.3 Å². The minimum absolute atomic E-state index is 0.0147. The van der Waals surface area contributed by atoms with Crippen molar-refractivity contribution in [2.75, 3.05) is 5.75 Å². The number of ether oxygens (including phenoxy) is 1. The van der Waals surface area contributed by atoms with Crippen molar-refractivity contribution in [3.8, 4) is 5.75 Å². The van der Waals surface area contributed by atoms with Crippen LogP contribution in [0.15, 0.2) is 24.3 Å². The van der Waals surface area contributed by atoms with Crippen molar-refractivity contribution < 1.29 is 14.5 Å². The van der Waals surface area contributed by atoms with Crippen molar-refractivity contribution in [3.05, 3.63) is 34.4 Å². The minimum atomic E-state index is -0.482. The van der Waals surface area contributed by atoms with E-state index in [0.717, 1.165) is 25.0 Å². The second-order valence-electron chi connectivity index (χ2n) is 5.53. The van der Waals surface area contributed by atoms with E-state index in [4.69, 9.17) is 4.74 Å². The standard InChI is InChI=1S/C17H25NO4S/c19-17(9-7-5-3-1-2-4-6-8-14-23)22-16-12-10-15(11-13-16)18(20)21/h10-13,23H,1-9,14H2. The average molecular weight is 339 g/mol.